The number of hydrogen-bond donors (Lipinski definition) is 1. The van der Waals surface area contributed by atoms with Crippen LogP contribution in [0.5, 0.6) is 0 Å². The molecule has 0 aromatic rings. The highest BCUT2D eigenvalue weighted by Crippen LogP contribution is 2.16. The van der Waals surface area contributed by atoms with Crippen LogP contribution >= 0.6 is 0 Å². The molecule has 0 radical (unpaired) electrons. The molecule has 0 unspecified atom stereocenters. The van der Waals surface area contributed by atoms with Gasteiger partial charge < -0.3 is 14.8 Å². The van der Waals surface area contributed by atoms with Gasteiger partial charge in [0.1, 0.15) is 12.6 Å². The van der Waals surface area contributed by atoms with E-state index < -0.39 is 0 Å². The second-order valence-corrected chi connectivity index (χ2v) is 3.66. The van der Waals surface area contributed by atoms with Crippen molar-refractivity contribution in [3.05, 3.63) is 0 Å². The van der Waals surface area contributed by atoms with Crippen LogP contribution in [-0.4, -0.2) is 32.1 Å². The van der Waals surface area contributed by atoms with Gasteiger partial charge in [0, 0.05) is 13.0 Å². The van der Waals surface area contributed by atoms with Crippen molar-refractivity contribution in [2.75, 3.05) is 19.7 Å². The van der Waals surface area contributed by atoms with Gasteiger partial charge in [0.15, 0.2) is 6.29 Å². The van der Waals surface area contributed by atoms with Crippen LogP contribution in [0.25, 0.3) is 0 Å². The first kappa shape index (κ1) is 8.48. The molecule has 2 atom stereocenters. The van der Waals surface area contributed by atoms with Gasteiger partial charge in [0.2, 0.25) is 0 Å². The molecule has 2 aliphatic heterocycles. The molecule has 0 bridgehead atoms. The maximum Gasteiger partial charge on any atom is 0.158 e. The summed E-state index contributed by atoms with van der Waals surface area (Å²) in [6, 6.07) is 0. The summed E-state index contributed by atoms with van der Waals surface area (Å²) in [4.78, 5) is 0. The Morgan fingerprint density at radius 3 is 2.92 bits per heavy atom. The van der Waals surface area contributed by atoms with E-state index in [0.29, 0.717) is 6.10 Å². The molecular weight excluding hydrogens is 154 g/mol. The first-order chi connectivity index (χ1) is 5.95. The normalized spacial score (nSPS) is 37.0. The van der Waals surface area contributed by atoms with E-state index in [4.69, 9.17) is 9.47 Å². The topological polar surface area (TPSA) is 35.1 Å². The fraction of sp³-hybridized carbons (Fsp3) is 1.00. The summed E-state index contributed by atoms with van der Waals surface area (Å²) < 4.78 is 11.3. The second kappa shape index (κ2) is 4.21. The lowest BCUT2D eigenvalue weighted by molar-refractivity contribution is -0.639. The number of hydrogen-bond acceptors (Lipinski definition) is 2. The molecule has 2 rings (SSSR count). The van der Waals surface area contributed by atoms with Gasteiger partial charge >= 0.3 is 0 Å². The van der Waals surface area contributed by atoms with Gasteiger partial charge in [-0.3, -0.25) is 0 Å². The number of nitrogens with two attached hydrogens (primary N) is 1. The highest BCUT2D eigenvalue weighted by atomic mass is 16.7. The summed E-state index contributed by atoms with van der Waals surface area (Å²) in [5.74, 6) is 0. The van der Waals surface area contributed by atoms with E-state index in [2.05, 4.69) is 5.32 Å². The maximum atomic E-state index is 5.80. The Labute approximate surface area is 73.4 Å². The van der Waals surface area contributed by atoms with Gasteiger partial charge in [-0.2, -0.15) is 0 Å². The number of ether oxygens (including phenoxy) is 2. The number of quaternary nitrogens is 1. The molecule has 3 heteroatoms. The van der Waals surface area contributed by atoms with Crippen molar-refractivity contribution in [1.82, 2.24) is 0 Å². The van der Waals surface area contributed by atoms with Crippen molar-refractivity contribution in [3.63, 3.8) is 0 Å². The third kappa shape index (κ3) is 2.19. The lowest BCUT2D eigenvalue weighted by Crippen LogP contribution is -2.81. The summed E-state index contributed by atoms with van der Waals surface area (Å²) in [6.07, 6.45) is 5.32. The highest BCUT2D eigenvalue weighted by Gasteiger charge is 2.24. The zero-order valence-electron chi connectivity index (χ0n) is 7.50. The summed E-state index contributed by atoms with van der Waals surface area (Å²) >= 11 is 0. The van der Waals surface area contributed by atoms with Crippen molar-refractivity contribution in [2.45, 2.75) is 38.1 Å². The molecule has 2 fully saturated rings. The fourth-order valence-corrected chi connectivity index (χ4v) is 1.88. The van der Waals surface area contributed by atoms with E-state index in [-0.39, 0.29) is 6.29 Å². The van der Waals surface area contributed by atoms with Crippen molar-refractivity contribution in [1.29, 1.82) is 0 Å². The molecule has 0 aromatic heterocycles. The highest BCUT2D eigenvalue weighted by molar-refractivity contribution is 4.62. The Hall–Kier alpha value is -0.120. The van der Waals surface area contributed by atoms with Gasteiger partial charge in [0.05, 0.1) is 6.54 Å². The maximum absolute atomic E-state index is 5.80. The smallest absolute Gasteiger partial charge is 0.158 e. The van der Waals surface area contributed by atoms with Gasteiger partial charge in [-0.1, -0.05) is 0 Å². The van der Waals surface area contributed by atoms with Crippen LogP contribution in [0, 0.1) is 0 Å². The fourth-order valence-electron chi connectivity index (χ4n) is 1.88. The minimum atomic E-state index is 0.107. The molecule has 2 heterocycles. The van der Waals surface area contributed by atoms with Crippen molar-refractivity contribution in [3.8, 4) is 0 Å². The molecule has 0 amide bonds. The molecule has 2 N–H and O–H groups in total. The lowest BCUT2D eigenvalue weighted by Gasteiger charge is -2.24. The summed E-state index contributed by atoms with van der Waals surface area (Å²) in [6.45, 7) is 3.23. The molecule has 0 saturated carbocycles. The molecule has 12 heavy (non-hydrogen) atoms. The third-order valence-electron chi connectivity index (χ3n) is 2.60. The van der Waals surface area contributed by atoms with Crippen molar-refractivity contribution < 1.29 is 14.8 Å². The van der Waals surface area contributed by atoms with Crippen molar-refractivity contribution >= 4 is 0 Å². The van der Waals surface area contributed by atoms with Crippen LogP contribution in [0.2, 0.25) is 0 Å². The third-order valence-corrected chi connectivity index (χ3v) is 2.60. The standard InChI is InChI=1S/C9H17NO2/c1-2-6-11-9(3-1)12-8-4-5-10-7-8/h8-10H,1-7H2/p+1/t8-,9+/m1/s1. The predicted molar refractivity (Wildman–Crippen MR) is 44.7 cm³/mol. The Bertz CT molecular complexity index is 128. The van der Waals surface area contributed by atoms with Gasteiger partial charge in [-0.15, -0.1) is 0 Å². The molecule has 0 spiro atoms. The van der Waals surface area contributed by atoms with Gasteiger partial charge in [0.25, 0.3) is 0 Å². The van der Waals surface area contributed by atoms with E-state index >= 15 is 0 Å². The van der Waals surface area contributed by atoms with Crippen LogP contribution in [0.4, 0.5) is 0 Å². The second-order valence-electron chi connectivity index (χ2n) is 3.66. The first-order valence-electron chi connectivity index (χ1n) is 5.04. The van der Waals surface area contributed by atoms with Gasteiger partial charge in [-0.25, -0.2) is 0 Å². The van der Waals surface area contributed by atoms with E-state index in [1.165, 1.54) is 25.8 Å². The Kier molecular flexibility index (Phi) is 2.98. The minimum Gasteiger partial charge on any atom is -0.353 e. The Balaban J connectivity index is 1.69. The van der Waals surface area contributed by atoms with Crippen molar-refractivity contribution in [2.24, 2.45) is 0 Å². The van der Waals surface area contributed by atoms with E-state index in [0.717, 1.165) is 19.6 Å². The van der Waals surface area contributed by atoms with E-state index in [1.807, 2.05) is 0 Å². The summed E-state index contributed by atoms with van der Waals surface area (Å²) in [7, 11) is 0. The van der Waals surface area contributed by atoms with Crippen LogP contribution < -0.4 is 5.32 Å². The average molecular weight is 172 g/mol. The van der Waals surface area contributed by atoms with Crippen LogP contribution in [-0.2, 0) is 9.47 Å². The summed E-state index contributed by atoms with van der Waals surface area (Å²) in [5, 5.41) is 2.31. The Morgan fingerprint density at radius 1 is 1.25 bits per heavy atom. The van der Waals surface area contributed by atoms with Crippen LogP contribution in [0.1, 0.15) is 25.7 Å². The molecule has 3 nitrogen and oxygen atoms in total. The zero-order valence-corrected chi connectivity index (χ0v) is 7.50. The molecule has 2 saturated heterocycles. The van der Waals surface area contributed by atoms with E-state index in [1.54, 1.807) is 0 Å². The molecule has 0 aromatic carbocycles. The van der Waals surface area contributed by atoms with Crippen LogP contribution in [0.15, 0.2) is 0 Å². The predicted octanol–water partition coefficient (Wildman–Crippen LogP) is -0.135. The minimum absolute atomic E-state index is 0.107. The monoisotopic (exact) mass is 172 g/mol. The molecular formula is C9H18NO2+. The molecule has 70 valence electrons. The number of rotatable bonds is 2. The molecule has 0 aliphatic carbocycles. The van der Waals surface area contributed by atoms with E-state index in [9.17, 15) is 0 Å². The largest absolute Gasteiger partial charge is 0.353 e. The summed E-state index contributed by atoms with van der Waals surface area (Å²) in [5.41, 5.74) is 0. The molecule has 2 aliphatic rings. The lowest BCUT2D eigenvalue weighted by atomic mass is 10.2. The quantitative estimate of drug-likeness (QED) is 0.629. The Morgan fingerprint density at radius 2 is 2.25 bits per heavy atom. The van der Waals surface area contributed by atoms with Gasteiger partial charge in [-0.05, 0) is 19.3 Å². The SMILES string of the molecule is C1CC[C@H](O[C@@H]2CC[NH2+]C2)OC1. The zero-order chi connectivity index (χ0) is 8.23. The van der Waals surface area contributed by atoms with Crippen LogP contribution in [0.3, 0.4) is 0 Å². The average Bonchev–Trinajstić information content (AvgIpc) is 2.59. The first-order valence-corrected chi connectivity index (χ1v) is 5.04.